The lowest BCUT2D eigenvalue weighted by atomic mass is 9.99. The molecule has 1 amide bonds. The Morgan fingerprint density at radius 2 is 1.81 bits per heavy atom. The number of nitrogens with one attached hydrogen (secondary N) is 1. The van der Waals surface area contributed by atoms with Crippen molar-refractivity contribution >= 4 is 11.7 Å². The van der Waals surface area contributed by atoms with Crippen molar-refractivity contribution in [3.05, 3.63) is 78.0 Å². The SMILES string of the molecule is CC1CCN(c2ccc(CN3CCC(NC(=O)c4cccc(-c5cccnc5)c4F)CC3)cn2)CC1. The van der Waals surface area contributed by atoms with Crippen LogP contribution in [0.4, 0.5) is 10.2 Å². The Hall–Kier alpha value is -3.32. The highest BCUT2D eigenvalue weighted by Crippen LogP contribution is 2.25. The van der Waals surface area contributed by atoms with Crippen LogP contribution in [0.25, 0.3) is 11.1 Å². The fourth-order valence-electron chi connectivity index (χ4n) is 5.14. The molecule has 188 valence electrons. The molecule has 7 heteroatoms. The molecule has 6 nitrogen and oxygen atoms in total. The minimum Gasteiger partial charge on any atom is -0.357 e. The summed E-state index contributed by atoms with van der Waals surface area (Å²) in [6, 6.07) is 12.9. The smallest absolute Gasteiger partial charge is 0.254 e. The van der Waals surface area contributed by atoms with Crippen molar-refractivity contribution in [2.45, 2.75) is 45.2 Å². The van der Waals surface area contributed by atoms with Crippen LogP contribution in [0.15, 0.2) is 61.1 Å². The van der Waals surface area contributed by atoms with Crippen molar-refractivity contribution in [1.29, 1.82) is 0 Å². The monoisotopic (exact) mass is 487 g/mol. The zero-order chi connectivity index (χ0) is 24.9. The molecule has 2 aliphatic rings. The summed E-state index contributed by atoms with van der Waals surface area (Å²) in [5.41, 5.74) is 2.33. The Morgan fingerprint density at radius 3 is 2.50 bits per heavy atom. The third-order valence-electron chi connectivity index (χ3n) is 7.46. The maximum atomic E-state index is 15.1. The molecule has 0 radical (unpaired) electrons. The van der Waals surface area contributed by atoms with E-state index >= 15 is 4.39 Å². The normalized spacial score (nSPS) is 17.8. The quantitative estimate of drug-likeness (QED) is 0.535. The number of halogens is 1. The third-order valence-corrected chi connectivity index (χ3v) is 7.46. The minimum atomic E-state index is -0.504. The largest absolute Gasteiger partial charge is 0.357 e. The van der Waals surface area contributed by atoms with Gasteiger partial charge in [0.05, 0.1) is 5.56 Å². The molecule has 0 atom stereocenters. The van der Waals surface area contributed by atoms with Crippen molar-refractivity contribution in [2.24, 2.45) is 5.92 Å². The molecule has 0 unspecified atom stereocenters. The number of anilines is 1. The van der Waals surface area contributed by atoms with E-state index in [1.165, 1.54) is 18.4 Å². The van der Waals surface area contributed by atoms with E-state index < -0.39 is 5.82 Å². The molecule has 5 rings (SSSR count). The Kier molecular flexibility index (Phi) is 7.56. The summed E-state index contributed by atoms with van der Waals surface area (Å²) >= 11 is 0. The van der Waals surface area contributed by atoms with Gasteiger partial charge in [-0.15, -0.1) is 0 Å². The number of pyridine rings is 2. The molecule has 2 aliphatic heterocycles. The minimum absolute atomic E-state index is 0.0391. The summed E-state index contributed by atoms with van der Waals surface area (Å²) in [7, 11) is 0. The first kappa shape index (κ1) is 24.4. The van der Waals surface area contributed by atoms with Gasteiger partial charge in [-0.05, 0) is 55.4 Å². The van der Waals surface area contributed by atoms with Crippen LogP contribution in [0.5, 0.6) is 0 Å². The molecule has 0 spiro atoms. The van der Waals surface area contributed by atoms with Gasteiger partial charge in [-0.1, -0.05) is 31.2 Å². The molecule has 0 aliphatic carbocycles. The second kappa shape index (κ2) is 11.2. The van der Waals surface area contributed by atoms with E-state index in [4.69, 9.17) is 4.98 Å². The van der Waals surface area contributed by atoms with Gasteiger partial charge in [-0.2, -0.15) is 0 Å². The predicted molar refractivity (Wildman–Crippen MR) is 140 cm³/mol. The van der Waals surface area contributed by atoms with Gasteiger partial charge in [0, 0.05) is 68.5 Å². The van der Waals surface area contributed by atoms with E-state index in [-0.39, 0.29) is 17.5 Å². The summed E-state index contributed by atoms with van der Waals surface area (Å²) in [4.78, 5) is 26.4. The maximum absolute atomic E-state index is 15.1. The molecule has 2 saturated heterocycles. The van der Waals surface area contributed by atoms with Crippen LogP contribution in [0.2, 0.25) is 0 Å². The number of rotatable bonds is 6. The number of piperidine rings is 2. The molecule has 36 heavy (non-hydrogen) atoms. The number of hydrogen-bond acceptors (Lipinski definition) is 5. The second-order valence-electron chi connectivity index (χ2n) is 10.1. The number of amides is 1. The number of aromatic nitrogens is 2. The molecule has 2 aromatic heterocycles. The van der Waals surface area contributed by atoms with E-state index in [9.17, 15) is 4.79 Å². The van der Waals surface area contributed by atoms with Crippen LogP contribution < -0.4 is 10.2 Å². The molecule has 1 N–H and O–H groups in total. The van der Waals surface area contributed by atoms with E-state index in [1.807, 2.05) is 6.20 Å². The van der Waals surface area contributed by atoms with Crippen molar-refractivity contribution in [3.8, 4) is 11.1 Å². The molecule has 1 aromatic carbocycles. The highest BCUT2D eigenvalue weighted by Gasteiger charge is 2.24. The van der Waals surface area contributed by atoms with E-state index in [1.54, 1.807) is 42.7 Å². The van der Waals surface area contributed by atoms with Crippen LogP contribution in [0.3, 0.4) is 0 Å². The average Bonchev–Trinajstić information content (AvgIpc) is 2.91. The number of hydrogen-bond donors (Lipinski definition) is 1. The van der Waals surface area contributed by atoms with Gasteiger partial charge in [0.2, 0.25) is 0 Å². The van der Waals surface area contributed by atoms with Gasteiger partial charge in [-0.25, -0.2) is 9.37 Å². The van der Waals surface area contributed by atoms with Gasteiger partial charge in [0.1, 0.15) is 11.6 Å². The summed E-state index contributed by atoms with van der Waals surface area (Å²) in [6.07, 6.45) is 9.40. The lowest BCUT2D eigenvalue weighted by molar-refractivity contribution is 0.0905. The summed E-state index contributed by atoms with van der Waals surface area (Å²) in [5, 5.41) is 3.05. The fourth-order valence-corrected chi connectivity index (χ4v) is 5.14. The number of nitrogens with zero attached hydrogens (tertiary/aromatic N) is 4. The molecular formula is C29H34FN5O. The molecule has 4 heterocycles. The topological polar surface area (TPSA) is 61.4 Å². The Balaban J connectivity index is 1.12. The first-order valence-corrected chi connectivity index (χ1v) is 13.0. The van der Waals surface area contributed by atoms with Crippen molar-refractivity contribution in [1.82, 2.24) is 20.2 Å². The van der Waals surface area contributed by atoms with Gasteiger partial charge < -0.3 is 10.2 Å². The summed E-state index contributed by atoms with van der Waals surface area (Å²) in [5.74, 6) is 1.02. The van der Waals surface area contributed by atoms with Crippen LogP contribution in [0.1, 0.15) is 48.5 Å². The van der Waals surface area contributed by atoms with Gasteiger partial charge >= 0.3 is 0 Å². The predicted octanol–water partition coefficient (Wildman–Crippen LogP) is 4.91. The first-order chi connectivity index (χ1) is 17.6. The van der Waals surface area contributed by atoms with Gasteiger partial charge in [0.15, 0.2) is 0 Å². The second-order valence-corrected chi connectivity index (χ2v) is 10.1. The number of carbonyl (C=O) groups is 1. The third kappa shape index (κ3) is 5.73. The van der Waals surface area contributed by atoms with Gasteiger partial charge in [0.25, 0.3) is 5.91 Å². The summed E-state index contributed by atoms with van der Waals surface area (Å²) in [6.45, 7) is 7.12. The average molecular weight is 488 g/mol. The van der Waals surface area contributed by atoms with Crippen LogP contribution in [-0.4, -0.2) is 53.0 Å². The van der Waals surface area contributed by atoms with Crippen LogP contribution in [0, 0.1) is 11.7 Å². The molecular weight excluding hydrogens is 453 g/mol. The summed E-state index contributed by atoms with van der Waals surface area (Å²) < 4.78 is 15.1. The maximum Gasteiger partial charge on any atom is 0.254 e. The number of benzene rings is 1. The lowest BCUT2D eigenvalue weighted by Crippen LogP contribution is -2.44. The molecule has 0 bridgehead atoms. The highest BCUT2D eigenvalue weighted by atomic mass is 19.1. The van der Waals surface area contributed by atoms with Crippen LogP contribution in [-0.2, 0) is 6.54 Å². The Labute approximate surface area is 212 Å². The standard InChI is InChI=1S/C29H34FN5O/c1-21-9-16-35(17-10-21)27-8-7-22(18-32-27)20-34-14-11-24(12-15-34)33-29(36)26-6-2-5-25(28(26)30)23-4-3-13-31-19-23/h2-8,13,18-19,21,24H,9-12,14-17,20H2,1H3,(H,33,36). The molecule has 2 fully saturated rings. The highest BCUT2D eigenvalue weighted by molar-refractivity contribution is 5.96. The van der Waals surface area contributed by atoms with Crippen molar-refractivity contribution < 1.29 is 9.18 Å². The van der Waals surface area contributed by atoms with Crippen molar-refractivity contribution in [3.63, 3.8) is 0 Å². The molecule has 3 aromatic rings. The van der Waals surface area contributed by atoms with Crippen molar-refractivity contribution in [2.75, 3.05) is 31.1 Å². The van der Waals surface area contributed by atoms with Crippen LogP contribution >= 0.6 is 0 Å². The fraction of sp³-hybridized carbons (Fsp3) is 0.414. The first-order valence-electron chi connectivity index (χ1n) is 13.0. The Morgan fingerprint density at radius 1 is 1.00 bits per heavy atom. The zero-order valence-corrected chi connectivity index (χ0v) is 20.9. The zero-order valence-electron chi connectivity index (χ0n) is 20.9. The number of likely N-dealkylation sites (tertiary alicyclic amines) is 1. The van der Waals surface area contributed by atoms with Gasteiger partial charge in [-0.3, -0.25) is 14.7 Å². The van der Waals surface area contributed by atoms with E-state index in [2.05, 4.69) is 39.2 Å². The number of carbonyl (C=O) groups excluding carboxylic acids is 1. The van der Waals surface area contributed by atoms with E-state index in [0.717, 1.165) is 57.3 Å². The molecule has 0 saturated carbocycles. The van der Waals surface area contributed by atoms with E-state index in [0.29, 0.717) is 11.1 Å². The lowest BCUT2D eigenvalue weighted by Gasteiger charge is -2.33. The Bertz CT molecular complexity index is 1150.